The molecule has 2 aromatic rings. The molecule has 19 heavy (non-hydrogen) atoms. The molecule has 0 atom stereocenters. The molecule has 0 saturated heterocycles. The van der Waals surface area contributed by atoms with Gasteiger partial charge in [0.25, 0.3) is 0 Å². The van der Waals surface area contributed by atoms with Crippen LogP contribution in [0.1, 0.15) is 18.3 Å². The van der Waals surface area contributed by atoms with Gasteiger partial charge in [0.2, 0.25) is 0 Å². The third-order valence-electron chi connectivity index (χ3n) is 2.68. The lowest BCUT2D eigenvalue weighted by atomic mass is 10.2. The van der Waals surface area contributed by atoms with Crippen LogP contribution in [-0.2, 0) is 6.42 Å². The van der Waals surface area contributed by atoms with Crippen LogP contribution in [0.5, 0.6) is 11.5 Å². The number of ether oxygens (including phenoxy) is 1. The topological polar surface area (TPSA) is 48.1 Å². The lowest BCUT2D eigenvalue weighted by molar-refractivity contribution is 0.473. The Morgan fingerprint density at radius 2 is 2.05 bits per heavy atom. The fraction of sp³-hybridized carbons (Fsp3) is 0.214. The number of nitrogens with two attached hydrogens (primary N) is 1. The van der Waals surface area contributed by atoms with Gasteiger partial charge in [0.15, 0.2) is 5.75 Å². The summed E-state index contributed by atoms with van der Waals surface area (Å²) in [5, 5.41) is -0.0256. The Morgan fingerprint density at radius 1 is 1.32 bits per heavy atom. The third kappa shape index (κ3) is 2.96. The molecule has 0 aliphatic heterocycles. The van der Waals surface area contributed by atoms with E-state index in [9.17, 15) is 4.39 Å². The van der Waals surface area contributed by atoms with Gasteiger partial charge in [-0.3, -0.25) is 4.98 Å². The highest BCUT2D eigenvalue weighted by atomic mass is 35.5. The number of rotatable bonds is 3. The second-order valence-corrected chi connectivity index (χ2v) is 4.56. The van der Waals surface area contributed by atoms with E-state index in [2.05, 4.69) is 4.98 Å². The van der Waals surface area contributed by atoms with Gasteiger partial charge in [-0.05, 0) is 25.5 Å². The summed E-state index contributed by atoms with van der Waals surface area (Å²) in [7, 11) is 0. The minimum atomic E-state index is -0.565. The zero-order valence-electron chi connectivity index (χ0n) is 10.7. The van der Waals surface area contributed by atoms with Crippen molar-refractivity contribution in [3.8, 4) is 11.5 Å². The zero-order valence-corrected chi connectivity index (χ0v) is 11.5. The molecule has 1 aromatic heterocycles. The normalized spacial score (nSPS) is 10.5. The highest BCUT2D eigenvalue weighted by molar-refractivity contribution is 6.31. The van der Waals surface area contributed by atoms with Crippen molar-refractivity contribution in [1.29, 1.82) is 0 Å². The monoisotopic (exact) mass is 280 g/mol. The minimum Gasteiger partial charge on any atom is -0.453 e. The number of hydrogen-bond donors (Lipinski definition) is 1. The molecule has 0 aliphatic carbocycles. The number of nitrogen functional groups attached to an aromatic ring is 1. The number of aryl methyl sites for hydroxylation is 2. The van der Waals surface area contributed by atoms with Crippen LogP contribution >= 0.6 is 11.6 Å². The van der Waals surface area contributed by atoms with Gasteiger partial charge in [0.05, 0.1) is 16.4 Å². The van der Waals surface area contributed by atoms with Crippen LogP contribution in [-0.4, -0.2) is 4.98 Å². The molecule has 0 amide bonds. The Labute approximate surface area is 116 Å². The molecule has 1 aromatic carbocycles. The average Bonchev–Trinajstić information content (AvgIpc) is 2.37. The quantitative estimate of drug-likeness (QED) is 0.860. The number of aromatic nitrogens is 1. The van der Waals surface area contributed by atoms with E-state index in [1.165, 1.54) is 6.07 Å². The fourth-order valence-electron chi connectivity index (χ4n) is 1.69. The van der Waals surface area contributed by atoms with Crippen molar-refractivity contribution < 1.29 is 9.13 Å². The molecule has 1 heterocycles. The summed E-state index contributed by atoms with van der Waals surface area (Å²) < 4.78 is 18.9. The number of anilines is 1. The number of nitrogens with zero attached hydrogens (tertiary/aromatic N) is 1. The highest BCUT2D eigenvalue weighted by Gasteiger charge is 2.11. The molecule has 2 rings (SSSR count). The van der Waals surface area contributed by atoms with Crippen molar-refractivity contribution in [2.24, 2.45) is 0 Å². The molecule has 0 unspecified atom stereocenters. The summed E-state index contributed by atoms with van der Waals surface area (Å²) in [6.45, 7) is 3.89. The second kappa shape index (κ2) is 5.45. The predicted molar refractivity (Wildman–Crippen MR) is 74.2 cm³/mol. The smallest absolute Gasteiger partial charge is 0.152 e. The largest absolute Gasteiger partial charge is 0.453 e. The van der Waals surface area contributed by atoms with E-state index in [1.54, 1.807) is 0 Å². The van der Waals surface area contributed by atoms with Gasteiger partial charge in [0, 0.05) is 17.8 Å². The van der Waals surface area contributed by atoms with E-state index in [-0.39, 0.29) is 10.7 Å². The van der Waals surface area contributed by atoms with Gasteiger partial charge in [-0.2, -0.15) is 0 Å². The van der Waals surface area contributed by atoms with Gasteiger partial charge in [0.1, 0.15) is 11.6 Å². The van der Waals surface area contributed by atoms with E-state index >= 15 is 0 Å². The second-order valence-electron chi connectivity index (χ2n) is 4.16. The van der Waals surface area contributed by atoms with Crippen LogP contribution in [0.25, 0.3) is 0 Å². The van der Waals surface area contributed by atoms with E-state index in [0.717, 1.165) is 23.9 Å². The van der Waals surface area contributed by atoms with E-state index in [1.807, 2.05) is 26.0 Å². The molecule has 0 bridgehead atoms. The Hall–Kier alpha value is -1.81. The maximum Gasteiger partial charge on any atom is 0.152 e. The van der Waals surface area contributed by atoms with Crippen molar-refractivity contribution >= 4 is 17.3 Å². The van der Waals surface area contributed by atoms with E-state index in [0.29, 0.717) is 11.5 Å². The van der Waals surface area contributed by atoms with Crippen molar-refractivity contribution in [3.05, 3.63) is 46.5 Å². The summed E-state index contributed by atoms with van der Waals surface area (Å²) in [5.41, 5.74) is 7.64. The molecule has 0 aliphatic rings. The molecule has 3 nitrogen and oxygen atoms in total. The average molecular weight is 281 g/mol. The Kier molecular flexibility index (Phi) is 3.90. The standard InChI is InChI=1S/C14H14ClFN2O/c1-3-12-13(5-4-8(2)18-12)19-14-6-9(15)10(16)7-11(14)17/h4-7H,3,17H2,1-2H3. The first kappa shape index (κ1) is 13.6. The van der Waals surface area contributed by atoms with E-state index < -0.39 is 5.82 Å². The van der Waals surface area contributed by atoms with Crippen LogP contribution in [0, 0.1) is 12.7 Å². The molecule has 100 valence electrons. The number of benzene rings is 1. The summed E-state index contributed by atoms with van der Waals surface area (Å²) in [4.78, 5) is 4.38. The van der Waals surface area contributed by atoms with Gasteiger partial charge in [-0.15, -0.1) is 0 Å². The maximum absolute atomic E-state index is 13.2. The van der Waals surface area contributed by atoms with Crippen molar-refractivity contribution in [1.82, 2.24) is 4.98 Å². The molecule has 0 radical (unpaired) electrons. The van der Waals surface area contributed by atoms with Crippen LogP contribution in [0.4, 0.5) is 10.1 Å². The van der Waals surface area contributed by atoms with Gasteiger partial charge >= 0.3 is 0 Å². The SMILES string of the molecule is CCc1nc(C)ccc1Oc1cc(Cl)c(F)cc1N. The first-order valence-corrected chi connectivity index (χ1v) is 6.28. The molecule has 0 saturated carbocycles. The molecule has 5 heteroatoms. The van der Waals surface area contributed by atoms with Gasteiger partial charge < -0.3 is 10.5 Å². The Bertz CT molecular complexity index is 617. The number of halogens is 2. The van der Waals surface area contributed by atoms with Crippen LogP contribution in [0.2, 0.25) is 5.02 Å². The molecule has 2 N–H and O–H groups in total. The lowest BCUT2D eigenvalue weighted by Gasteiger charge is -2.12. The van der Waals surface area contributed by atoms with Crippen molar-refractivity contribution in [2.45, 2.75) is 20.3 Å². The van der Waals surface area contributed by atoms with E-state index in [4.69, 9.17) is 22.1 Å². The summed E-state index contributed by atoms with van der Waals surface area (Å²) in [6.07, 6.45) is 0.728. The van der Waals surface area contributed by atoms with Gasteiger partial charge in [-0.25, -0.2) is 4.39 Å². The van der Waals surface area contributed by atoms with Crippen molar-refractivity contribution in [2.75, 3.05) is 5.73 Å². The Balaban J connectivity index is 2.39. The zero-order chi connectivity index (χ0) is 14.0. The van der Waals surface area contributed by atoms with Crippen LogP contribution in [0.3, 0.4) is 0 Å². The molecular weight excluding hydrogens is 267 g/mol. The molecule has 0 fully saturated rings. The summed E-state index contributed by atoms with van der Waals surface area (Å²) in [6, 6.07) is 6.17. The lowest BCUT2D eigenvalue weighted by Crippen LogP contribution is -1.98. The van der Waals surface area contributed by atoms with Crippen LogP contribution in [0.15, 0.2) is 24.3 Å². The molecule has 0 spiro atoms. The third-order valence-corrected chi connectivity index (χ3v) is 2.97. The predicted octanol–water partition coefficient (Wildman–Crippen LogP) is 4.12. The van der Waals surface area contributed by atoms with Crippen molar-refractivity contribution in [3.63, 3.8) is 0 Å². The first-order chi connectivity index (χ1) is 9.01. The number of pyridine rings is 1. The maximum atomic E-state index is 13.2. The Morgan fingerprint density at radius 3 is 2.74 bits per heavy atom. The highest BCUT2D eigenvalue weighted by Crippen LogP contribution is 2.33. The summed E-state index contributed by atoms with van der Waals surface area (Å²) in [5.74, 6) is 0.360. The van der Waals surface area contributed by atoms with Gasteiger partial charge in [-0.1, -0.05) is 18.5 Å². The number of hydrogen-bond acceptors (Lipinski definition) is 3. The fourth-order valence-corrected chi connectivity index (χ4v) is 1.85. The first-order valence-electron chi connectivity index (χ1n) is 5.90. The summed E-state index contributed by atoms with van der Waals surface area (Å²) >= 11 is 5.72. The van der Waals surface area contributed by atoms with Crippen LogP contribution < -0.4 is 10.5 Å². The minimum absolute atomic E-state index is 0.0256. The molecular formula is C14H14ClFN2O.